The number of rotatable bonds is 20. The zero-order valence-electron chi connectivity index (χ0n) is 34.1. The predicted molar refractivity (Wildman–Crippen MR) is 222 cm³/mol. The molecule has 8 rings (SSSR count). The molecule has 3 saturated heterocycles. The number of benzene rings is 5. The topological polar surface area (TPSA) is 119 Å². The number of hydrogen-bond donors (Lipinski definition) is 0. The molecule has 0 amide bonds. The lowest BCUT2D eigenvalue weighted by Crippen LogP contribution is -2.65. The van der Waals surface area contributed by atoms with E-state index in [9.17, 15) is 4.79 Å². The van der Waals surface area contributed by atoms with Crippen LogP contribution in [-0.2, 0) is 85.1 Å². The summed E-state index contributed by atoms with van der Waals surface area (Å²) >= 11 is 0. The van der Waals surface area contributed by atoms with Crippen molar-refractivity contribution in [3.05, 3.63) is 179 Å². The van der Waals surface area contributed by atoms with Crippen molar-refractivity contribution in [1.82, 2.24) is 0 Å². The van der Waals surface area contributed by atoms with Crippen molar-refractivity contribution in [2.45, 2.75) is 94.4 Å². The first-order valence-electron chi connectivity index (χ1n) is 20.7. The van der Waals surface area contributed by atoms with Gasteiger partial charge >= 0.3 is 6.16 Å². The maximum absolute atomic E-state index is 13.1. The lowest BCUT2D eigenvalue weighted by Gasteiger charge is -2.48. The van der Waals surface area contributed by atoms with Gasteiger partial charge < -0.3 is 52.1 Å². The molecular formula is C49H52O12. The second kappa shape index (κ2) is 21.7. The molecule has 5 aromatic carbocycles. The average molecular weight is 833 g/mol. The second-order valence-corrected chi connectivity index (χ2v) is 15.1. The van der Waals surface area contributed by atoms with Crippen molar-refractivity contribution < 1.29 is 56.9 Å². The highest BCUT2D eigenvalue weighted by Crippen LogP contribution is 2.38. The molecule has 0 radical (unpaired) electrons. The third-order valence-electron chi connectivity index (χ3n) is 10.8. The van der Waals surface area contributed by atoms with Crippen LogP contribution in [0.3, 0.4) is 0 Å². The quantitative estimate of drug-likeness (QED) is 0.0721. The summed E-state index contributed by atoms with van der Waals surface area (Å²) in [4.78, 5) is 13.1. The smallest absolute Gasteiger partial charge is 0.424 e. The van der Waals surface area contributed by atoms with Crippen molar-refractivity contribution in [2.75, 3.05) is 20.3 Å². The van der Waals surface area contributed by atoms with Gasteiger partial charge in [-0.3, -0.25) is 0 Å². The summed E-state index contributed by atoms with van der Waals surface area (Å²) in [5.74, 6) is 0. The Morgan fingerprint density at radius 1 is 0.426 bits per heavy atom. The third kappa shape index (κ3) is 11.5. The molecule has 10 atom stereocenters. The third-order valence-corrected chi connectivity index (χ3v) is 10.8. The maximum Gasteiger partial charge on any atom is 0.509 e. The molecule has 320 valence electrons. The molecule has 0 N–H and O–H groups in total. The Morgan fingerprint density at radius 2 is 0.803 bits per heavy atom. The van der Waals surface area contributed by atoms with E-state index in [1.807, 2.05) is 152 Å². The minimum absolute atomic E-state index is 0.0985. The van der Waals surface area contributed by atoms with Crippen LogP contribution >= 0.6 is 0 Å². The molecular weight excluding hydrogens is 781 g/mol. The molecule has 3 heterocycles. The van der Waals surface area contributed by atoms with Gasteiger partial charge in [0.15, 0.2) is 24.8 Å². The van der Waals surface area contributed by atoms with Gasteiger partial charge in [-0.25, -0.2) is 4.79 Å². The summed E-state index contributed by atoms with van der Waals surface area (Å²) in [7, 11) is 1.56. The minimum Gasteiger partial charge on any atom is -0.424 e. The molecule has 0 aliphatic carbocycles. The summed E-state index contributed by atoms with van der Waals surface area (Å²) in [6.45, 7) is 1.60. The van der Waals surface area contributed by atoms with E-state index in [4.69, 9.17) is 52.1 Å². The van der Waals surface area contributed by atoms with Gasteiger partial charge in [-0.05, 0) is 27.8 Å². The molecule has 3 aliphatic rings. The zero-order chi connectivity index (χ0) is 41.6. The highest BCUT2D eigenvalue weighted by atomic mass is 16.8. The number of hydrogen-bond acceptors (Lipinski definition) is 12. The molecule has 0 unspecified atom stereocenters. The maximum atomic E-state index is 13.1. The molecule has 0 spiro atoms. The first kappa shape index (κ1) is 42.7. The van der Waals surface area contributed by atoms with Crippen LogP contribution in [0.4, 0.5) is 4.79 Å². The van der Waals surface area contributed by atoms with Crippen LogP contribution in [0.5, 0.6) is 0 Å². The van der Waals surface area contributed by atoms with Crippen LogP contribution in [0.25, 0.3) is 0 Å². The summed E-state index contributed by atoms with van der Waals surface area (Å²) in [6.07, 6.45) is -9.59. The molecule has 5 aromatic rings. The number of methoxy groups -OCH3 is 1. The predicted octanol–water partition coefficient (Wildman–Crippen LogP) is 7.56. The molecule has 0 bridgehead atoms. The van der Waals surface area contributed by atoms with Crippen LogP contribution in [0.15, 0.2) is 152 Å². The van der Waals surface area contributed by atoms with Gasteiger partial charge in [0.05, 0.1) is 46.2 Å². The van der Waals surface area contributed by atoms with E-state index in [0.29, 0.717) is 13.2 Å². The van der Waals surface area contributed by atoms with Crippen LogP contribution in [0.1, 0.15) is 27.8 Å². The van der Waals surface area contributed by atoms with Gasteiger partial charge in [0.25, 0.3) is 0 Å². The van der Waals surface area contributed by atoms with Crippen LogP contribution < -0.4 is 0 Å². The minimum atomic E-state index is -1.17. The molecule has 61 heavy (non-hydrogen) atoms. The molecule has 12 heteroatoms. The monoisotopic (exact) mass is 832 g/mol. The van der Waals surface area contributed by atoms with Crippen molar-refractivity contribution >= 4 is 6.16 Å². The van der Waals surface area contributed by atoms with Gasteiger partial charge in [-0.1, -0.05) is 152 Å². The average Bonchev–Trinajstić information content (AvgIpc) is 3.71. The SMILES string of the molecule is CO[C@H]1O[C@H](COCc2ccccc2)[C@@H](OCc2ccccc2)[C@H](O[C@@H]2O[C@H](COCc3ccccc3)[C@@H](OCc3ccccc3)[C@@H]3OC(=O)O[C@@H]23)[C@H]1OCc1ccccc1. The fraction of sp³-hybridized carbons (Fsp3) is 0.367. The number of carbonyl (C=O) groups excluding carboxylic acids is 1. The Balaban J connectivity index is 1.10. The van der Waals surface area contributed by atoms with E-state index >= 15 is 0 Å². The van der Waals surface area contributed by atoms with Crippen molar-refractivity contribution in [3.8, 4) is 0 Å². The summed E-state index contributed by atoms with van der Waals surface area (Å²) in [5.41, 5.74) is 4.83. The molecule has 0 aromatic heterocycles. The van der Waals surface area contributed by atoms with Crippen LogP contribution in [-0.4, -0.2) is 87.9 Å². The molecule has 12 nitrogen and oxygen atoms in total. The van der Waals surface area contributed by atoms with Crippen LogP contribution in [0, 0.1) is 0 Å². The Morgan fingerprint density at radius 3 is 1.26 bits per heavy atom. The van der Waals surface area contributed by atoms with Crippen molar-refractivity contribution in [2.24, 2.45) is 0 Å². The Labute approximate surface area is 356 Å². The lowest BCUT2D eigenvalue weighted by molar-refractivity contribution is -0.363. The fourth-order valence-corrected chi connectivity index (χ4v) is 7.76. The van der Waals surface area contributed by atoms with E-state index < -0.39 is 67.6 Å². The Bertz CT molecular complexity index is 2030. The van der Waals surface area contributed by atoms with Crippen molar-refractivity contribution in [3.63, 3.8) is 0 Å². The van der Waals surface area contributed by atoms with Crippen molar-refractivity contribution in [1.29, 1.82) is 0 Å². The normalized spacial score (nSPS) is 27.2. The zero-order valence-corrected chi connectivity index (χ0v) is 34.1. The lowest BCUT2D eigenvalue weighted by atomic mass is 9.96. The van der Waals surface area contributed by atoms with E-state index in [0.717, 1.165) is 27.8 Å². The fourth-order valence-electron chi connectivity index (χ4n) is 7.76. The Hall–Kier alpha value is -4.99. The van der Waals surface area contributed by atoms with Gasteiger partial charge in [0.1, 0.15) is 36.6 Å². The largest absolute Gasteiger partial charge is 0.509 e. The molecule has 3 aliphatic heterocycles. The summed E-state index contributed by atoms with van der Waals surface area (Å²) in [6, 6.07) is 49.1. The van der Waals surface area contributed by atoms with Gasteiger partial charge in [0, 0.05) is 7.11 Å². The Kier molecular flexibility index (Phi) is 15.2. The van der Waals surface area contributed by atoms with Gasteiger partial charge in [-0.2, -0.15) is 0 Å². The first-order valence-corrected chi connectivity index (χ1v) is 20.7. The van der Waals surface area contributed by atoms with E-state index in [2.05, 4.69) is 0 Å². The summed E-state index contributed by atoms with van der Waals surface area (Å²) in [5, 5.41) is 0. The summed E-state index contributed by atoms with van der Waals surface area (Å²) < 4.78 is 70.7. The highest BCUT2D eigenvalue weighted by molar-refractivity contribution is 5.63. The highest BCUT2D eigenvalue weighted by Gasteiger charge is 2.58. The van der Waals surface area contributed by atoms with Crippen LogP contribution in [0.2, 0.25) is 0 Å². The number of carbonyl (C=O) groups is 1. The first-order chi connectivity index (χ1) is 30.1. The second-order valence-electron chi connectivity index (χ2n) is 15.1. The van der Waals surface area contributed by atoms with E-state index in [1.54, 1.807) is 7.11 Å². The molecule has 3 fully saturated rings. The number of ether oxygens (including phenoxy) is 11. The molecule has 0 saturated carbocycles. The van der Waals surface area contributed by atoms with Gasteiger partial charge in [-0.15, -0.1) is 0 Å². The standard InChI is InChI=1S/C49H52O12/c1-51-47-45(56-31-38-25-15-6-16-26-38)43(41(54-29-36-21-11-4-12-22-36)39(57-47)32-52-27-34-17-7-2-8-18-34)59-48-46-44(60-49(50)61-46)42(55-30-37-23-13-5-14-24-37)40(58-48)33-53-28-35-19-9-3-10-20-35/h2-26,39-48H,27-33H2,1H3/t39-,40-,41-,42-,43+,44+,45-,46-,47+,48+/m1/s1. The van der Waals surface area contributed by atoms with Gasteiger partial charge in [0.2, 0.25) is 0 Å². The van der Waals surface area contributed by atoms with E-state index in [1.165, 1.54) is 0 Å². The number of fused-ring (bicyclic) bond motifs is 1. The van der Waals surface area contributed by atoms with E-state index in [-0.39, 0.29) is 33.0 Å².